The van der Waals surface area contributed by atoms with E-state index in [1.807, 2.05) is 0 Å². The first kappa shape index (κ1) is 23.4. The predicted octanol–water partition coefficient (Wildman–Crippen LogP) is 2.03. The van der Waals surface area contributed by atoms with Gasteiger partial charge in [0.15, 0.2) is 0 Å². The summed E-state index contributed by atoms with van der Waals surface area (Å²) in [6.07, 6.45) is -1.14. The van der Waals surface area contributed by atoms with E-state index in [0.29, 0.717) is 16.0 Å². The van der Waals surface area contributed by atoms with Gasteiger partial charge in [-0.25, -0.2) is 14.5 Å². The quantitative estimate of drug-likeness (QED) is 0.452. The van der Waals surface area contributed by atoms with E-state index in [0.717, 1.165) is 0 Å². The van der Waals surface area contributed by atoms with Gasteiger partial charge in [-0.15, -0.1) is 0 Å². The highest BCUT2D eigenvalue weighted by molar-refractivity contribution is 6.01. The third-order valence-electron chi connectivity index (χ3n) is 5.12. The molecule has 2 unspecified atom stereocenters. The number of aliphatic carboxylic acids is 1. The molecule has 3 amide bonds. The van der Waals surface area contributed by atoms with Gasteiger partial charge in [0.2, 0.25) is 11.8 Å². The molecule has 1 saturated heterocycles. The zero-order chi connectivity index (χ0) is 24.0. The van der Waals surface area contributed by atoms with Crippen LogP contribution in [0, 0.1) is 10.1 Å². The number of hydrogen-bond acceptors (Lipinski definition) is 7. The number of nitrogens with one attached hydrogen (secondary N) is 1. The summed E-state index contributed by atoms with van der Waals surface area (Å²) in [5.74, 6) is -2.72. The second kappa shape index (κ2) is 10.4. The van der Waals surface area contributed by atoms with Crippen molar-refractivity contribution < 1.29 is 33.9 Å². The molecule has 0 spiro atoms. The maximum absolute atomic E-state index is 12.8. The van der Waals surface area contributed by atoms with Crippen LogP contribution in [0.4, 0.5) is 10.5 Å². The molecule has 2 aromatic carbocycles. The van der Waals surface area contributed by atoms with E-state index in [1.54, 1.807) is 30.3 Å². The molecule has 1 aliphatic heterocycles. The Kier molecular flexibility index (Phi) is 7.34. The Morgan fingerprint density at radius 1 is 1.12 bits per heavy atom. The summed E-state index contributed by atoms with van der Waals surface area (Å²) in [7, 11) is 0. The van der Waals surface area contributed by atoms with Crippen molar-refractivity contribution >= 4 is 29.6 Å². The number of carboxylic acids is 1. The van der Waals surface area contributed by atoms with Gasteiger partial charge < -0.3 is 15.2 Å². The van der Waals surface area contributed by atoms with Crippen molar-refractivity contribution in [3.05, 3.63) is 75.8 Å². The molecule has 0 aliphatic carbocycles. The van der Waals surface area contributed by atoms with E-state index < -0.39 is 40.9 Å². The van der Waals surface area contributed by atoms with Crippen LogP contribution >= 0.6 is 0 Å². The zero-order valence-electron chi connectivity index (χ0n) is 17.4. The maximum Gasteiger partial charge on any atom is 0.417 e. The molecule has 0 radical (unpaired) electrons. The highest BCUT2D eigenvalue weighted by Gasteiger charge is 2.42. The second-order valence-electron chi connectivity index (χ2n) is 7.39. The first-order chi connectivity index (χ1) is 15.8. The first-order valence-electron chi connectivity index (χ1n) is 10.1. The van der Waals surface area contributed by atoms with Crippen molar-refractivity contribution in [2.45, 2.75) is 38.0 Å². The lowest BCUT2D eigenvalue weighted by atomic mass is 10.0. The highest BCUT2D eigenvalue weighted by atomic mass is 16.6. The number of likely N-dealkylation sites (tertiary alicyclic amines) is 1. The van der Waals surface area contributed by atoms with Crippen molar-refractivity contribution in [3.63, 3.8) is 0 Å². The number of nitro groups is 1. The van der Waals surface area contributed by atoms with Gasteiger partial charge >= 0.3 is 12.1 Å². The zero-order valence-corrected chi connectivity index (χ0v) is 17.4. The van der Waals surface area contributed by atoms with Crippen molar-refractivity contribution in [2.75, 3.05) is 0 Å². The van der Waals surface area contributed by atoms with Crippen LogP contribution in [0.5, 0.6) is 0 Å². The third-order valence-corrected chi connectivity index (χ3v) is 5.12. The minimum Gasteiger partial charge on any atom is -0.480 e. The van der Waals surface area contributed by atoms with Crippen molar-refractivity contribution in [3.8, 4) is 0 Å². The summed E-state index contributed by atoms with van der Waals surface area (Å²) in [4.78, 5) is 60.0. The fourth-order valence-corrected chi connectivity index (χ4v) is 3.41. The number of amides is 3. The smallest absolute Gasteiger partial charge is 0.417 e. The Bertz CT molecular complexity index is 1060. The number of non-ortho nitro benzene ring substituents is 1. The summed E-state index contributed by atoms with van der Waals surface area (Å²) >= 11 is 0. The number of carbonyl (C=O) groups is 4. The molecule has 2 N–H and O–H groups in total. The fraction of sp³-hybridized carbons (Fsp3) is 0.273. The molecule has 2 aromatic rings. The van der Waals surface area contributed by atoms with Gasteiger partial charge in [-0.2, -0.15) is 0 Å². The minimum absolute atomic E-state index is 0.0367. The molecule has 0 bridgehead atoms. The average Bonchev–Trinajstić information content (AvgIpc) is 3.19. The summed E-state index contributed by atoms with van der Waals surface area (Å²) in [5.41, 5.74) is 1.01. The van der Waals surface area contributed by atoms with Crippen LogP contribution in [0.15, 0.2) is 54.6 Å². The molecular weight excluding hydrogens is 434 g/mol. The summed E-state index contributed by atoms with van der Waals surface area (Å²) in [6, 6.07) is 11.5. The lowest BCUT2D eigenvalue weighted by molar-refractivity contribution is -0.384. The van der Waals surface area contributed by atoms with E-state index in [1.165, 1.54) is 24.3 Å². The van der Waals surface area contributed by atoms with E-state index in [2.05, 4.69) is 5.32 Å². The molecule has 11 nitrogen and oxygen atoms in total. The lowest BCUT2D eigenvalue weighted by Crippen LogP contribution is -2.52. The Morgan fingerprint density at radius 2 is 1.79 bits per heavy atom. The molecule has 11 heteroatoms. The number of carbonyl (C=O) groups excluding carboxylic acids is 3. The number of carboxylic acid groups (broad SMARTS) is 1. The molecule has 2 atom stereocenters. The molecule has 1 aliphatic rings. The van der Waals surface area contributed by atoms with Crippen LogP contribution in [-0.2, 0) is 32.1 Å². The molecule has 3 rings (SSSR count). The number of benzene rings is 2. The normalized spacial score (nSPS) is 16.2. The maximum atomic E-state index is 12.8. The van der Waals surface area contributed by atoms with Crippen LogP contribution in [0.1, 0.15) is 24.0 Å². The Morgan fingerprint density at radius 3 is 2.39 bits per heavy atom. The van der Waals surface area contributed by atoms with Crippen molar-refractivity contribution in [1.82, 2.24) is 10.2 Å². The van der Waals surface area contributed by atoms with Gasteiger partial charge in [-0.1, -0.05) is 42.5 Å². The SMILES string of the molecule is O=C(O)C(Cc1ccc([N+](=O)[O-])cc1)NC(=O)C1CCC(=O)N1C(=O)OCc1ccccc1. The molecule has 0 saturated carbocycles. The van der Waals surface area contributed by atoms with Gasteiger partial charge in [0.05, 0.1) is 4.92 Å². The molecule has 33 heavy (non-hydrogen) atoms. The first-order valence-corrected chi connectivity index (χ1v) is 10.1. The topological polar surface area (TPSA) is 156 Å². The number of ether oxygens (including phenoxy) is 1. The average molecular weight is 455 g/mol. The van der Waals surface area contributed by atoms with E-state index in [-0.39, 0.29) is 31.6 Å². The van der Waals surface area contributed by atoms with Crippen LogP contribution < -0.4 is 5.32 Å². The van der Waals surface area contributed by atoms with Crippen molar-refractivity contribution in [2.24, 2.45) is 0 Å². The summed E-state index contributed by atoms with van der Waals surface area (Å²) in [6.45, 7) is -0.0876. The largest absolute Gasteiger partial charge is 0.480 e. The van der Waals surface area contributed by atoms with Crippen molar-refractivity contribution in [1.29, 1.82) is 0 Å². The summed E-state index contributed by atoms with van der Waals surface area (Å²) < 4.78 is 5.16. The van der Waals surface area contributed by atoms with Crippen LogP contribution in [0.25, 0.3) is 0 Å². The van der Waals surface area contributed by atoms with Gasteiger partial charge in [0, 0.05) is 25.0 Å². The minimum atomic E-state index is -1.36. The van der Waals surface area contributed by atoms with E-state index in [4.69, 9.17) is 4.74 Å². The Balaban J connectivity index is 1.65. The standard InChI is InChI=1S/C22H21N3O8/c26-19-11-10-18(24(19)22(30)33-13-15-4-2-1-3-5-15)20(27)23-17(21(28)29)12-14-6-8-16(9-7-14)25(31)32/h1-9,17-18H,10-13H2,(H,23,27)(H,28,29). The molecule has 1 fully saturated rings. The molecule has 1 heterocycles. The number of nitrogens with zero attached hydrogens (tertiary/aromatic N) is 2. The number of imide groups is 1. The third kappa shape index (κ3) is 5.91. The monoisotopic (exact) mass is 455 g/mol. The van der Waals surface area contributed by atoms with Crippen LogP contribution in [0.2, 0.25) is 0 Å². The predicted molar refractivity (Wildman–Crippen MR) is 113 cm³/mol. The van der Waals surface area contributed by atoms with Crippen LogP contribution in [0.3, 0.4) is 0 Å². The molecular formula is C22H21N3O8. The van der Waals surface area contributed by atoms with E-state index in [9.17, 15) is 34.4 Å². The lowest BCUT2D eigenvalue weighted by Gasteiger charge is -2.23. The Hall–Kier alpha value is -4.28. The number of rotatable bonds is 8. The van der Waals surface area contributed by atoms with Gasteiger partial charge in [-0.05, 0) is 17.5 Å². The molecule has 172 valence electrons. The Labute approximate surface area is 188 Å². The number of hydrogen-bond donors (Lipinski definition) is 2. The fourth-order valence-electron chi connectivity index (χ4n) is 3.41. The van der Waals surface area contributed by atoms with Gasteiger partial charge in [0.25, 0.3) is 5.69 Å². The van der Waals surface area contributed by atoms with Gasteiger partial charge in [0.1, 0.15) is 18.7 Å². The van der Waals surface area contributed by atoms with E-state index >= 15 is 0 Å². The molecule has 0 aromatic heterocycles. The number of nitro benzene ring substituents is 1. The second-order valence-corrected chi connectivity index (χ2v) is 7.39. The van der Waals surface area contributed by atoms with Gasteiger partial charge in [-0.3, -0.25) is 19.7 Å². The summed E-state index contributed by atoms with van der Waals surface area (Å²) in [5, 5.41) is 22.6. The van der Waals surface area contributed by atoms with Crippen LogP contribution in [-0.4, -0.2) is 50.9 Å². The highest BCUT2D eigenvalue weighted by Crippen LogP contribution is 2.21.